The van der Waals surface area contributed by atoms with Crippen molar-refractivity contribution in [2.75, 3.05) is 18.0 Å². The number of rotatable bonds is 6. The van der Waals surface area contributed by atoms with E-state index in [-0.39, 0.29) is 6.61 Å². The van der Waals surface area contributed by atoms with Crippen LogP contribution in [0.1, 0.15) is 25.8 Å². The van der Waals surface area contributed by atoms with Gasteiger partial charge in [-0.3, -0.25) is 0 Å². The minimum Gasteiger partial charge on any atom is -0.392 e. The number of nitrogens with zero attached hydrogens (tertiary/aromatic N) is 3. The third kappa shape index (κ3) is 3.71. The molecule has 0 radical (unpaired) electrons. The van der Waals surface area contributed by atoms with Crippen molar-refractivity contribution < 1.29 is 5.11 Å². The van der Waals surface area contributed by atoms with Crippen LogP contribution < -0.4 is 4.90 Å². The maximum absolute atomic E-state index is 9.65. The molecule has 2 rings (SSSR count). The molecule has 0 amide bonds. The van der Waals surface area contributed by atoms with Crippen LogP contribution in [0, 0.1) is 17.2 Å². The molecular weight excluding hydrogens is 262 g/mol. The first-order chi connectivity index (χ1) is 10.2. The molecule has 0 unspecified atom stereocenters. The highest BCUT2D eigenvalue weighted by atomic mass is 16.3. The van der Waals surface area contributed by atoms with Crippen LogP contribution >= 0.6 is 0 Å². The predicted molar refractivity (Wildman–Crippen MR) is 84.9 cm³/mol. The zero-order chi connectivity index (χ0) is 15.2. The van der Waals surface area contributed by atoms with Gasteiger partial charge < -0.3 is 10.0 Å². The van der Waals surface area contributed by atoms with E-state index < -0.39 is 0 Å². The molecule has 0 atom stereocenters. The average Bonchev–Trinajstić information content (AvgIpc) is 2.49. The molecule has 1 heterocycles. The SMILES string of the molecule is CC(C)CN(CCC#N)c1nc2ccccc2cc1CO. The van der Waals surface area contributed by atoms with Gasteiger partial charge in [-0.2, -0.15) is 5.26 Å². The second-order valence-corrected chi connectivity index (χ2v) is 5.57. The Hall–Kier alpha value is -2.12. The topological polar surface area (TPSA) is 60.2 Å². The van der Waals surface area contributed by atoms with Gasteiger partial charge in [0.05, 0.1) is 24.6 Å². The molecule has 0 aliphatic heterocycles. The van der Waals surface area contributed by atoms with Crippen molar-refractivity contribution in [2.45, 2.75) is 26.9 Å². The lowest BCUT2D eigenvalue weighted by molar-refractivity contribution is 0.281. The molecule has 0 spiro atoms. The van der Waals surface area contributed by atoms with Crippen molar-refractivity contribution in [1.29, 1.82) is 5.26 Å². The standard InChI is InChI=1S/C17H21N3O/c1-13(2)11-20(9-5-8-18)17-15(12-21)10-14-6-3-4-7-16(14)19-17/h3-4,6-7,10,13,21H,5,9,11-12H2,1-2H3. The van der Waals surface area contributed by atoms with Crippen LogP contribution in [0.25, 0.3) is 10.9 Å². The summed E-state index contributed by atoms with van der Waals surface area (Å²) in [7, 11) is 0. The molecule has 0 aliphatic rings. The number of pyridine rings is 1. The average molecular weight is 283 g/mol. The monoisotopic (exact) mass is 283 g/mol. The molecule has 110 valence electrons. The van der Waals surface area contributed by atoms with E-state index in [1.165, 1.54) is 0 Å². The van der Waals surface area contributed by atoms with E-state index >= 15 is 0 Å². The Balaban J connectivity index is 2.46. The minimum absolute atomic E-state index is 0.0473. The normalized spacial score (nSPS) is 10.8. The number of hydrogen-bond donors (Lipinski definition) is 1. The van der Waals surface area contributed by atoms with E-state index in [1.54, 1.807) is 0 Å². The Morgan fingerprint density at radius 2 is 2.10 bits per heavy atom. The number of aliphatic hydroxyl groups excluding tert-OH is 1. The van der Waals surface area contributed by atoms with Crippen molar-refractivity contribution in [3.05, 3.63) is 35.9 Å². The first-order valence-electron chi connectivity index (χ1n) is 7.27. The largest absolute Gasteiger partial charge is 0.392 e. The van der Waals surface area contributed by atoms with Crippen molar-refractivity contribution in [2.24, 2.45) is 5.92 Å². The molecule has 4 heteroatoms. The summed E-state index contributed by atoms with van der Waals surface area (Å²) in [4.78, 5) is 6.81. The second kappa shape index (κ2) is 7.05. The Morgan fingerprint density at radius 3 is 2.76 bits per heavy atom. The number of benzene rings is 1. The lowest BCUT2D eigenvalue weighted by Gasteiger charge is -2.27. The summed E-state index contributed by atoms with van der Waals surface area (Å²) in [5, 5.41) is 19.5. The van der Waals surface area contributed by atoms with Crippen LogP contribution in [0.2, 0.25) is 0 Å². The van der Waals surface area contributed by atoms with Gasteiger partial charge in [-0.15, -0.1) is 0 Å². The lowest BCUT2D eigenvalue weighted by atomic mass is 10.1. The molecule has 4 nitrogen and oxygen atoms in total. The zero-order valence-corrected chi connectivity index (χ0v) is 12.6. The molecule has 0 fully saturated rings. The lowest BCUT2D eigenvalue weighted by Crippen LogP contribution is -2.30. The summed E-state index contributed by atoms with van der Waals surface area (Å²) >= 11 is 0. The fraction of sp³-hybridized carbons (Fsp3) is 0.412. The minimum atomic E-state index is -0.0473. The molecule has 1 aromatic carbocycles. The summed E-state index contributed by atoms with van der Waals surface area (Å²) < 4.78 is 0. The molecule has 0 aliphatic carbocycles. The van der Waals surface area contributed by atoms with Gasteiger partial charge in [-0.05, 0) is 18.1 Å². The number of aromatic nitrogens is 1. The summed E-state index contributed by atoms with van der Waals surface area (Å²) in [6.07, 6.45) is 0.450. The zero-order valence-electron chi connectivity index (χ0n) is 12.6. The molecule has 21 heavy (non-hydrogen) atoms. The molecule has 0 saturated carbocycles. The molecule has 1 N–H and O–H groups in total. The van der Waals surface area contributed by atoms with Gasteiger partial charge in [0.2, 0.25) is 0 Å². The van der Waals surface area contributed by atoms with Gasteiger partial charge in [0.25, 0.3) is 0 Å². The van der Waals surface area contributed by atoms with E-state index in [1.807, 2.05) is 30.3 Å². The highest BCUT2D eigenvalue weighted by molar-refractivity contribution is 5.81. The fourth-order valence-corrected chi connectivity index (χ4v) is 2.45. The summed E-state index contributed by atoms with van der Waals surface area (Å²) in [5.41, 5.74) is 1.72. The summed E-state index contributed by atoms with van der Waals surface area (Å²) in [6, 6.07) is 12.1. The van der Waals surface area contributed by atoms with E-state index in [2.05, 4.69) is 24.8 Å². The Labute approximate surface area is 125 Å². The highest BCUT2D eigenvalue weighted by Crippen LogP contribution is 2.24. The summed E-state index contributed by atoms with van der Waals surface area (Å²) in [6.45, 7) is 5.68. The number of aliphatic hydroxyl groups is 1. The maximum atomic E-state index is 9.65. The smallest absolute Gasteiger partial charge is 0.134 e. The van der Waals surface area contributed by atoms with Crippen molar-refractivity contribution in [3.63, 3.8) is 0 Å². The van der Waals surface area contributed by atoms with Crippen LogP contribution in [0.15, 0.2) is 30.3 Å². The van der Waals surface area contributed by atoms with Gasteiger partial charge in [0.15, 0.2) is 0 Å². The van der Waals surface area contributed by atoms with E-state index in [4.69, 9.17) is 10.2 Å². The Bertz CT molecular complexity index is 646. The van der Waals surface area contributed by atoms with Crippen molar-refractivity contribution >= 4 is 16.7 Å². The number of nitriles is 1. The van der Waals surface area contributed by atoms with Crippen LogP contribution in [0.5, 0.6) is 0 Å². The molecule has 0 saturated heterocycles. The van der Waals surface area contributed by atoms with Gasteiger partial charge in [-0.25, -0.2) is 4.98 Å². The van der Waals surface area contributed by atoms with Gasteiger partial charge in [-0.1, -0.05) is 32.0 Å². The van der Waals surface area contributed by atoms with Crippen LogP contribution in [-0.2, 0) is 6.61 Å². The highest BCUT2D eigenvalue weighted by Gasteiger charge is 2.15. The van der Waals surface area contributed by atoms with Crippen LogP contribution in [0.4, 0.5) is 5.82 Å². The fourth-order valence-electron chi connectivity index (χ4n) is 2.45. The number of hydrogen-bond acceptors (Lipinski definition) is 4. The summed E-state index contributed by atoms with van der Waals surface area (Å²) in [5.74, 6) is 1.25. The van der Waals surface area contributed by atoms with Crippen molar-refractivity contribution in [1.82, 2.24) is 4.98 Å². The first-order valence-corrected chi connectivity index (χ1v) is 7.27. The van der Waals surface area contributed by atoms with E-state index in [9.17, 15) is 5.11 Å². The number of fused-ring (bicyclic) bond motifs is 1. The quantitative estimate of drug-likeness (QED) is 0.885. The van der Waals surface area contributed by atoms with Gasteiger partial charge in [0, 0.05) is 24.0 Å². The molecular formula is C17H21N3O. The van der Waals surface area contributed by atoms with E-state index in [0.29, 0.717) is 18.9 Å². The Kier molecular flexibility index (Phi) is 5.13. The van der Waals surface area contributed by atoms with Gasteiger partial charge in [0.1, 0.15) is 5.82 Å². The third-order valence-corrected chi connectivity index (χ3v) is 3.33. The predicted octanol–water partition coefficient (Wildman–Crippen LogP) is 3.10. The van der Waals surface area contributed by atoms with E-state index in [0.717, 1.165) is 28.8 Å². The van der Waals surface area contributed by atoms with Crippen molar-refractivity contribution in [3.8, 4) is 6.07 Å². The van der Waals surface area contributed by atoms with Gasteiger partial charge >= 0.3 is 0 Å². The molecule has 1 aromatic heterocycles. The maximum Gasteiger partial charge on any atom is 0.134 e. The third-order valence-electron chi connectivity index (χ3n) is 3.33. The Morgan fingerprint density at radius 1 is 1.33 bits per heavy atom. The number of anilines is 1. The molecule has 0 bridgehead atoms. The first kappa shape index (κ1) is 15.3. The van der Waals surface area contributed by atoms with Crippen LogP contribution in [0.3, 0.4) is 0 Å². The molecule has 2 aromatic rings. The number of para-hydroxylation sites is 1. The van der Waals surface area contributed by atoms with Crippen LogP contribution in [-0.4, -0.2) is 23.2 Å². The second-order valence-electron chi connectivity index (χ2n) is 5.57.